The Kier molecular flexibility index (Phi) is 2.79. The Morgan fingerprint density at radius 3 is 2.93 bits per heavy atom. The Morgan fingerprint density at radius 2 is 2.14 bits per heavy atom. The fourth-order valence-electron chi connectivity index (χ4n) is 2.10. The van der Waals surface area contributed by atoms with Crippen LogP contribution in [-0.4, -0.2) is 16.6 Å². The molecule has 0 radical (unpaired) electrons. The molecule has 0 saturated carbocycles. The van der Waals surface area contributed by atoms with Crippen molar-refractivity contribution in [3.8, 4) is 0 Å². The lowest BCUT2D eigenvalue weighted by molar-refractivity contribution is 0.185. The third-order valence-electron chi connectivity index (χ3n) is 2.89. The highest BCUT2D eigenvalue weighted by molar-refractivity contribution is 5.35. The number of aliphatic hydroxyl groups excluding tert-OH is 1. The number of aryl methyl sites for hydroxylation is 1. The number of aliphatic hydroxyl groups is 1. The van der Waals surface area contributed by atoms with E-state index in [0.717, 1.165) is 18.4 Å². The van der Waals surface area contributed by atoms with E-state index < -0.39 is 6.10 Å². The fraction of sp³-hybridized carbons (Fsp3) is 0.545. The first-order valence-electron chi connectivity index (χ1n) is 5.16. The minimum absolute atomic E-state index is 0.276. The maximum Gasteiger partial charge on any atom is 0.0929 e. The average Bonchev–Trinajstić information content (AvgIpc) is 2.27. The summed E-state index contributed by atoms with van der Waals surface area (Å²) in [4.78, 5) is 4.15. The molecule has 76 valence electrons. The topological polar surface area (TPSA) is 59.1 Å². The van der Waals surface area contributed by atoms with Gasteiger partial charge in [0.25, 0.3) is 0 Å². The van der Waals surface area contributed by atoms with E-state index in [2.05, 4.69) is 4.98 Å². The van der Waals surface area contributed by atoms with Gasteiger partial charge < -0.3 is 10.8 Å². The second-order valence-corrected chi connectivity index (χ2v) is 3.83. The molecule has 0 spiro atoms. The van der Waals surface area contributed by atoms with Crippen LogP contribution in [0.4, 0.5) is 0 Å². The molecular weight excluding hydrogens is 176 g/mol. The molecule has 14 heavy (non-hydrogen) atoms. The molecule has 3 nitrogen and oxygen atoms in total. The van der Waals surface area contributed by atoms with Crippen LogP contribution >= 0.6 is 0 Å². The Hall–Kier alpha value is -0.930. The molecule has 3 N–H and O–H groups in total. The van der Waals surface area contributed by atoms with Gasteiger partial charge in [-0.2, -0.15) is 0 Å². The van der Waals surface area contributed by atoms with Crippen molar-refractivity contribution in [3.63, 3.8) is 0 Å². The van der Waals surface area contributed by atoms with Gasteiger partial charge in [-0.15, -0.1) is 0 Å². The van der Waals surface area contributed by atoms with E-state index in [1.807, 2.05) is 6.20 Å². The first-order valence-corrected chi connectivity index (χ1v) is 5.16. The fourth-order valence-corrected chi connectivity index (χ4v) is 2.10. The summed E-state index contributed by atoms with van der Waals surface area (Å²) in [5, 5.41) is 9.72. The van der Waals surface area contributed by atoms with Crippen LogP contribution in [0.2, 0.25) is 0 Å². The van der Waals surface area contributed by atoms with Crippen LogP contribution in [0.15, 0.2) is 12.4 Å². The summed E-state index contributed by atoms with van der Waals surface area (Å²) >= 11 is 0. The summed E-state index contributed by atoms with van der Waals surface area (Å²) < 4.78 is 0. The van der Waals surface area contributed by atoms with Crippen LogP contribution in [0.5, 0.6) is 0 Å². The minimum Gasteiger partial charge on any atom is -0.387 e. The molecule has 0 aliphatic heterocycles. The molecular formula is C11H16N2O. The Bertz CT molecular complexity index is 325. The number of aromatic nitrogens is 1. The van der Waals surface area contributed by atoms with Crippen molar-refractivity contribution in [1.82, 2.24) is 4.98 Å². The number of rotatable bonds is 2. The molecule has 0 amide bonds. The van der Waals surface area contributed by atoms with Gasteiger partial charge in [0.2, 0.25) is 0 Å². The molecule has 1 aliphatic carbocycles. The maximum absolute atomic E-state index is 9.72. The van der Waals surface area contributed by atoms with E-state index in [1.165, 1.54) is 24.0 Å². The standard InChI is InChI=1S/C11H16N2O/c12-5-11(14)10-7-13-6-8-3-1-2-4-9(8)10/h6-7,11,14H,1-5,12H2. The minimum atomic E-state index is -0.546. The van der Waals surface area contributed by atoms with E-state index in [1.54, 1.807) is 6.20 Å². The summed E-state index contributed by atoms with van der Waals surface area (Å²) in [6, 6.07) is 0. The number of pyridine rings is 1. The van der Waals surface area contributed by atoms with Gasteiger partial charge in [-0.1, -0.05) is 0 Å². The second-order valence-electron chi connectivity index (χ2n) is 3.83. The van der Waals surface area contributed by atoms with Crippen molar-refractivity contribution in [2.75, 3.05) is 6.54 Å². The zero-order valence-electron chi connectivity index (χ0n) is 8.24. The van der Waals surface area contributed by atoms with Crippen molar-refractivity contribution >= 4 is 0 Å². The van der Waals surface area contributed by atoms with Gasteiger partial charge >= 0.3 is 0 Å². The number of fused-ring (bicyclic) bond motifs is 1. The highest BCUT2D eigenvalue weighted by Gasteiger charge is 2.17. The number of nitrogens with zero attached hydrogens (tertiary/aromatic N) is 1. The van der Waals surface area contributed by atoms with Crippen molar-refractivity contribution in [1.29, 1.82) is 0 Å². The molecule has 1 aromatic heterocycles. The molecule has 2 rings (SSSR count). The normalized spacial score (nSPS) is 17.6. The molecule has 1 aliphatic rings. The van der Waals surface area contributed by atoms with Crippen molar-refractivity contribution < 1.29 is 5.11 Å². The first kappa shape index (κ1) is 9.62. The van der Waals surface area contributed by atoms with Crippen LogP contribution in [0.1, 0.15) is 35.6 Å². The molecule has 1 heterocycles. The number of nitrogens with two attached hydrogens (primary N) is 1. The zero-order valence-corrected chi connectivity index (χ0v) is 8.24. The highest BCUT2D eigenvalue weighted by atomic mass is 16.3. The van der Waals surface area contributed by atoms with Crippen LogP contribution in [-0.2, 0) is 12.8 Å². The zero-order chi connectivity index (χ0) is 9.97. The monoisotopic (exact) mass is 192 g/mol. The largest absolute Gasteiger partial charge is 0.387 e. The molecule has 0 saturated heterocycles. The van der Waals surface area contributed by atoms with Gasteiger partial charge in [0.1, 0.15) is 0 Å². The Labute approximate surface area is 84.0 Å². The van der Waals surface area contributed by atoms with Crippen LogP contribution in [0.3, 0.4) is 0 Å². The smallest absolute Gasteiger partial charge is 0.0929 e. The molecule has 0 fully saturated rings. The summed E-state index contributed by atoms with van der Waals surface area (Å²) in [6.45, 7) is 0.276. The Balaban J connectivity index is 2.39. The molecule has 0 bridgehead atoms. The van der Waals surface area contributed by atoms with E-state index in [4.69, 9.17) is 5.73 Å². The highest BCUT2D eigenvalue weighted by Crippen LogP contribution is 2.26. The van der Waals surface area contributed by atoms with E-state index >= 15 is 0 Å². The van der Waals surface area contributed by atoms with Crippen LogP contribution in [0, 0.1) is 0 Å². The van der Waals surface area contributed by atoms with E-state index in [0.29, 0.717) is 0 Å². The number of hydrogen-bond acceptors (Lipinski definition) is 3. The lowest BCUT2D eigenvalue weighted by atomic mass is 9.88. The van der Waals surface area contributed by atoms with Crippen molar-refractivity contribution in [3.05, 3.63) is 29.1 Å². The quantitative estimate of drug-likeness (QED) is 0.733. The van der Waals surface area contributed by atoms with E-state index in [9.17, 15) is 5.11 Å². The lowest BCUT2D eigenvalue weighted by Crippen LogP contribution is -2.16. The predicted molar refractivity (Wildman–Crippen MR) is 54.9 cm³/mol. The first-order chi connectivity index (χ1) is 6.83. The summed E-state index contributed by atoms with van der Waals surface area (Å²) in [5.41, 5.74) is 8.97. The summed E-state index contributed by atoms with van der Waals surface area (Å²) in [7, 11) is 0. The van der Waals surface area contributed by atoms with Crippen molar-refractivity contribution in [2.45, 2.75) is 31.8 Å². The molecule has 0 aromatic carbocycles. The third kappa shape index (κ3) is 1.65. The Morgan fingerprint density at radius 1 is 1.36 bits per heavy atom. The maximum atomic E-state index is 9.72. The molecule has 1 atom stereocenters. The molecule has 1 unspecified atom stereocenters. The van der Waals surface area contributed by atoms with Gasteiger partial charge in [0.05, 0.1) is 6.10 Å². The third-order valence-corrected chi connectivity index (χ3v) is 2.89. The lowest BCUT2D eigenvalue weighted by Gasteiger charge is -2.20. The second kappa shape index (κ2) is 4.07. The van der Waals surface area contributed by atoms with Gasteiger partial charge in [0, 0.05) is 24.5 Å². The van der Waals surface area contributed by atoms with Gasteiger partial charge in [0.15, 0.2) is 0 Å². The summed E-state index contributed by atoms with van der Waals surface area (Å²) in [6.07, 6.45) is 7.72. The van der Waals surface area contributed by atoms with Crippen LogP contribution < -0.4 is 5.73 Å². The van der Waals surface area contributed by atoms with Crippen molar-refractivity contribution in [2.24, 2.45) is 5.73 Å². The number of hydrogen-bond donors (Lipinski definition) is 2. The SMILES string of the molecule is NCC(O)c1cncc2c1CCCC2. The predicted octanol–water partition coefficient (Wildman–Crippen LogP) is 0.953. The molecule has 1 aromatic rings. The van der Waals surface area contributed by atoms with Gasteiger partial charge in [-0.3, -0.25) is 4.98 Å². The summed E-state index contributed by atoms with van der Waals surface area (Å²) in [5.74, 6) is 0. The van der Waals surface area contributed by atoms with Gasteiger partial charge in [-0.05, 0) is 36.8 Å². The van der Waals surface area contributed by atoms with Crippen LogP contribution in [0.25, 0.3) is 0 Å². The van der Waals surface area contributed by atoms with E-state index in [-0.39, 0.29) is 6.54 Å². The van der Waals surface area contributed by atoms with Gasteiger partial charge in [-0.25, -0.2) is 0 Å². The average molecular weight is 192 g/mol. The molecule has 3 heteroatoms.